The van der Waals surface area contributed by atoms with E-state index < -0.39 is 0 Å². The zero-order valence-electron chi connectivity index (χ0n) is 14.8. The Morgan fingerprint density at radius 1 is 1.00 bits per heavy atom. The molecule has 0 saturated heterocycles. The molecule has 130 valence electrons. The first-order valence-corrected chi connectivity index (χ1v) is 8.78. The molecule has 0 N–H and O–H groups in total. The van der Waals surface area contributed by atoms with Gasteiger partial charge >= 0.3 is 0 Å². The average molecular weight is 336 g/mol. The van der Waals surface area contributed by atoms with Crippen LogP contribution in [-0.4, -0.2) is 36.3 Å². The lowest BCUT2D eigenvalue weighted by Gasteiger charge is -2.18. The molecule has 0 aliphatic carbocycles. The van der Waals surface area contributed by atoms with Gasteiger partial charge < -0.3 is 14.2 Å². The van der Waals surface area contributed by atoms with Gasteiger partial charge in [-0.3, -0.25) is 0 Å². The van der Waals surface area contributed by atoms with Gasteiger partial charge in [0.15, 0.2) is 5.58 Å². The predicted octanol–water partition coefficient (Wildman–Crippen LogP) is 4.72. The van der Waals surface area contributed by atoms with Crippen LogP contribution < -0.4 is 4.74 Å². The number of aromatic nitrogens is 1. The molecule has 0 aliphatic heterocycles. The van der Waals surface area contributed by atoms with Gasteiger partial charge in [-0.05, 0) is 43.4 Å². The molecule has 2 aromatic carbocycles. The molecule has 4 nitrogen and oxygen atoms in total. The van der Waals surface area contributed by atoms with Crippen LogP contribution in [0.4, 0.5) is 0 Å². The second-order valence-corrected chi connectivity index (χ2v) is 5.81. The number of hydrogen-bond donors (Lipinski definition) is 0. The van der Waals surface area contributed by atoms with Crippen molar-refractivity contribution in [3.05, 3.63) is 59.8 Å². The van der Waals surface area contributed by atoms with Crippen LogP contribution in [0.3, 0.4) is 0 Å². The van der Waals surface area contributed by atoms with Crippen molar-refractivity contribution in [1.82, 2.24) is 10.1 Å². The Labute approximate surface area is 148 Å². The largest absolute Gasteiger partial charge is 0.492 e. The lowest BCUT2D eigenvalue weighted by atomic mass is 10.1. The first-order chi connectivity index (χ1) is 12.3. The standard InChI is InChI=1S/C21H24N2O2/c1-3-23(4-2)15-16-24-20-11-7-5-9-17(20)13-14-19-18-10-6-8-12-21(18)25-22-19/h5-14H,3-4,15-16H2,1-2H3/b14-13-. The summed E-state index contributed by atoms with van der Waals surface area (Å²) < 4.78 is 11.3. The number of rotatable bonds is 8. The van der Waals surface area contributed by atoms with Gasteiger partial charge in [-0.15, -0.1) is 0 Å². The third-order valence-electron chi connectivity index (χ3n) is 4.30. The Balaban J connectivity index is 1.72. The molecule has 0 spiro atoms. The fraction of sp³-hybridized carbons (Fsp3) is 0.286. The Kier molecular flexibility index (Phi) is 5.86. The fourth-order valence-electron chi connectivity index (χ4n) is 2.77. The highest BCUT2D eigenvalue weighted by Crippen LogP contribution is 2.23. The summed E-state index contributed by atoms with van der Waals surface area (Å²) in [5, 5.41) is 5.15. The van der Waals surface area contributed by atoms with Crippen LogP contribution in [0.1, 0.15) is 25.1 Å². The van der Waals surface area contributed by atoms with E-state index in [4.69, 9.17) is 9.26 Å². The minimum Gasteiger partial charge on any atom is -0.492 e. The van der Waals surface area contributed by atoms with Crippen molar-refractivity contribution in [2.75, 3.05) is 26.2 Å². The van der Waals surface area contributed by atoms with Crippen molar-refractivity contribution in [2.45, 2.75) is 13.8 Å². The fourth-order valence-corrected chi connectivity index (χ4v) is 2.77. The molecule has 0 radical (unpaired) electrons. The number of hydrogen-bond acceptors (Lipinski definition) is 4. The van der Waals surface area contributed by atoms with E-state index >= 15 is 0 Å². The monoisotopic (exact) mass is 336 g/mol. The van der Waals surface area contributed by atoms with Gasteiger partial charge in [-0.1, -0.05) is 49.3 Å². The first-order valence-electron chi connectivity index (χ1n) is 8.78. The summed E-state index contributed by atoms with van der Waals surface area (Å²) in [6, 6.07) is 15.9. The maximum Gasteiger partial charge on any atom is 0.167 e. The first kappa shape index (κ1) is 17.2. The van der Waals surface area contributed by atoms with Gasteiger partial charge in [0.2, 0.25) is 0 Å². The van der Waals surface area contributed by atoms with E-state index in [0.717, 1.165) is 47.6 Å². The molecule has 0 amide bonds. The second-order valence-electron chi connectivity index (χ2n) is 5.81. The molecule has 0 fully saturated rings. The van der Waals surface area contributed by atoms with Crippen molar-refractivity contribution < 1.29 is 9.26 Å². The Bertz CT molecular complexity index is 835. The molecular formula is C21H24N2O2. The van der Waals surface area contributed by atoms with Crippen molar-refractivity contribution in [1.29, 1.82) is 0 Å². The summed E-state index contributed by atoms with van der Waals surface area (Å²) in [5.41, 5.74) is 2.66. The lowest BCUT2D eigenvalue weighted by Crippen LogP contribution is -2.27. The zero-order chi connectivity index (χ0) is 17.5. The number of para-hydroxylation sites is 2. The van der Waals surface area contributed by atoms with Crippen molar-refractivity contribution in [2.24, 2.45) is 0 Å². The second kappa shape index (κ2) is 8.49. The van der Waals surface area contributed by atoms with E-state index in [2.05, 4.69) is 23.9 Å². The number of fused-ring (bicyclic) bond motifs is 1. The molecule has 3 rings (SSSR count). The molecule has 1 heterocycles. The van der Waals surface area contributed by atoms with Crippen molar-refractivity contribution in [3.63, 3.8) is 0 Å². The Morgan fingerprint density at radius 3 is 2.60 bits per heavy atom. The predicted molar refractivity (Wildman–Crippen MR) is 103 cm³/mol. The molecule has 1 aromatic heterocycles. The van der Waals surface area contributed by atoms with E-state index in [1.807, 2.05) is 60.7 Å². The quantitative estimate of drug-likeness (QED) is 0.597. The molecule has 25 heavy (non-hydrogen) atoms. The highest BCUT2D eigenvalue weighted by atomic mass is 16.5. The highest BCUT2D eigenvalue weighted by Gasteiger charge is 2.05. The van der Waals surface area contributed by atoms with Crippen LogP contribution in [0, 0.1) is 0 Å². The van der Waals surface area contributed by atoms with Gasteiger partial charge in [-0.25, -0.2) is 0 Å². The minimum absolute atomic E-state index is 0.680. The zero-order valence-corrected chi connectivity index (χ0v) is 14.8. The summed E-state index contributed by atoms with van der Waals surface area (Å²) in [4.78, 5) is 2.35. The molecule has 0 bridgehead atoms. The molecule has 4 heteroatoms. The van der Waals surface area contributed by atoms with Gasteiger partial charge in [0.1, 0.15) is 18.1 Å². The summed E-state index contributed by atoms with van der Waals surface area (Å²) in [6.45, 7) is 8.03. The normalized spacial score (nSPS) is 11.6. The van der Waals surface area contributed by atoms with Crippen LogP contribution in [0.2, 0.25) is 0 Å². The number of likely N-dealkylation sites (N-methyl/N-ethyl adjacent to an activating group) is 1. The molecule has 0 aliphatic rings. The van der Waals surface area contributed by atoms with Gasteiger partial charge in [0, 0.05) is 17.5 Å². The number of benzene rings is 2. The maximum absolute atomic E-state index is 5.99. The average Bonchev–Trinajstić information content (AvgIpc) is 3.07. The Morgan fingerprint density at radius 2 is 1.76 bits per heavy atom. The summed E-state index contributed by atoms with van der Waals surface area (Å²) in [5.74, 6) is 0.888. The van der Waals surface area contributed by atoms with Crippen LogP contribution >= 0.6 is 0 Å². The third kappa shape index (κ3) is 4.28. The smallest absolute Gasteiger partial charge is 0.167 e. The highest BCUT2D eigenvalue weighted by molar-refractivity contribution is 5.88. The van der Waals surface area contributed by atoms with Crippen LogP contribution in [0.5, 0.6) is 5.75 Å². The van der Waals surface area contributed by atoms with Crippen LogP contribution in [-0.2, 0) is 0 Å². The van der Waals surface area contributed by atoms with Gasteiger partial charge in [-0.2, -0.15) is 0 Å². The van der Waals surface area contributed by atoms with Gasteiger partial charge in [0.25, 0.3) is 0 Å². The molecule has 0 unspecified atom stereocenters. The summed E-state index contributed by atoms with van der Waals surface area (Å²) >= 11 is 0. The maximum atomic E-state index is 5.99. The van der Waals surface area contributed by atoms with E-state index in [0.29, 0.717) is 6.61 Å². The number of nitrogens with zero attached hydrogens (tertiary/aromatic N) is 2. The van der Waals surface area contributed by atoms with Gasteiger partial charge in [0.05, 0.1) is 0 Å². The molecule has 0 saturated carbocycles. The molecule has 3 aromatic rings. The van der Waals surface area contributed by atoms with E-state index in [-0.39, 0.29) is 0 Å². The topological polar surface area (TPSA) is 38.5 Å². The minimum atomic E-state index is 0.680. The lowest BCUT2D eigenvalue weighted by molar-refractivity contribution is 0.222. The SMILES string of the molecule is CCN(CC)CCOc1ccccc1/C=C\c1noc2ccccc12. The van der Waals surface area contributed by atoms with E-state index in [1.54, 1.807) is 0 Å². The van der Waals surface area contributed by atoms with Crippen LogP contribution in [0.25, 0.3) is 23.1 Å². The molecular weight excluding hydrogens is 312 g/mol. The Hall–Kier alpha value is -2.59. The molecule has 0 atom stereocenters. The van der Waals surface area contributed by atoms with E-state index in [1.165, 1.54) is 0 Å². The summed E-state index contributed by atoms with van der Waals surface area (Å²) in [7, 11) is 0. The number of ether oxygens (including phenoxy) is 1. The third-order valence-corrected chi connectivity index (χ3v) is 4.30. The van der Waals surface area contributed by atoms with Crippen LogP contribution in [0.15, 0.2) is 53.1 Å². The van der Waals surface area contributed by atoms with Crippen molar-refractivity contribution in [3.8, 4) is 5.75 Å². The summed E-state index contributed by atoms with van der Waals surface area (Å²) in [6.07, 6.45) is 4.00. The van der Waals surface area contributed by atoms with Crippen molar-refractivity contribution >= 4 is 23.1 Å². The van der Waals surface area contributed by atoms with E-state index in [9.17, 15) is 0 Å².